The van der Waals surface area contributed by atoms with Gasteiger partial charge in [0.1, 0.15) is 12.2 Å². The average Bonchev–Trinajstić information content (AvgIpc) is 3.24. The van der Waals surface area contributed by atoms with E-state index in [2.05, 4.69) is 62.5 Å². The molecule has 0 amide bonds. The van der Waals surface area contributed by atoms with Crippen LogP contribution in [0.4, 0.5) is 0 Å². The molecule has 0 radical (unpaired) electrons. The van der Waals surface area contributed by atoms with Gasteiger partial charge >= 0.3 is 19.8 Å². The van der Waals surface area contributed by atoms with Crippen molar-refractivity contribution in [3.63, 3.8) is 0 Å². The average molecular weight is 869 g/mol. The zero-order chi connectivity index (χ0) is 44.0. The fourth-order valence-corrected chi connectivity index (χ4v) is 7.42. The van der Waals surface area contributed by atoms with Gasteiger partial charge in [-0.05, 0) is 51.4 Å². The zero-order valence-electron chi connectivity index (χ0n) is 38.2. The van der Waals surface area contributed by atoms with Crippen molar-refractivity contribution in [2.45, 2.75) is 225 Å². The number of esters is 2. The number of aliphatic hydroxyl groups excluding tert-OH is 2. The summed E-state index contributed by atoms with van der Waals surface area (Å²) >= 11 is 0. The van der Waals surface area contributed by atoms with Gasteiger partial charge in [-0.15, -0.1) is 0 Å². The normalized spacial score (nSPS) is 14.2. The van der Waals surface area contributed by atoms with Crippen molar-refractivity contribution >= 4 is 19.8 Å². The second kappa shape index (κ2) is 45.0. The van der Waals surface area contributed by atoms with Gasteiger partial charge in [0.05, 0.1) is 26.4 Å². The fourth-order valence-electron chi connectivity index (χ4n) is 6.64. The maximum absolute atomic E-state index is 12.4. The SMILES string of the molecule is CC/C=C\C/C=C\C/C=C\C/C=C\CCCCCCCCCCCCC(=O)OC(CO)COP(=O)(O)OCC(CO)OC(=O)CCCCCCCCCCCCCCCC. The Morgan fingerprint density at radius 1 is 0.467 bits per heavy atom. The van der Waals surface area contributed by atoms with E-state index in [-0.39, 0.29) is 12.8 Å². The van der Waals surface area contributed by atoms with Gasteiger partial charge in [0, 0.05) is 12.8 Å². The molecule has 0 rings (SSSR count). The van der Waals surface area contributed by atoms with E-state index in [4.69, 9.17) is 18.5 Å². The lowest BCUT2D eigenvalue weighted by atomic mass is 10.0. The highest BCUT2D eigenvalue weighted by molar-refractivity contribution is 7.47. The maximum atomic E-state index is 12.4. The number of hydrogen-bond acceptors (Lipinski definition) is 9. The summed E-state index contributed by atoms with van der Waals surface area (Å²) in [7, 11) is -4.64. The molecule has 0 spiro atoms. The molecule has 0 aliphatic carbocycles. The van der Waals surface area contributed by atoms with Gasteiger partial charge in [-0.2, -0.15) is 0 Å². The first-order valence-corrected chi connectivity index (χ1v) is 25.6. The van der Waals surface area contributed by atoms with E-state index in [1.54, 1.807) is 0 Å². The molecule has 0 saturated heterocycles. The summed E-state index contributed by atoms with van der Waals surface area (Å²) in [5.41, 5.74) is 0. The molecule has 11 heteroatoms. The molecule has 60 heavy (non-hydrogen) atoms. The molecule has 350 valence electrons. The largest absolute Gasteiger partial charge is 0.472 e. The number of rotatable bonds is 45. The summed E-state index contributed by atoms with van der Waals surface area (Å²) < 4.78 is 32.7. The number of phosphoric acid groups is 1. The standard InChI is InChI=1S/C49H89O10P/c1-3-5-7-9-11-13-15-17-19-20-21-22-23-24-25-26-27-29-31-33-35-37-39-41-49(53)59-47(43-51)45-57-60(54,55)56-44-46(42-50)58-48(52)40-38-36-34-32-30-28-18-16-14-12-10-8-6-4-2/h5,7,11,13,17,19,21-22,46-47,50-51H,3-4,6,8-10,12,14-16,18,20,23-45H2,1-2H3,(H,54,55)/b7-5-,13-11-,19-17-,22-21-. The van der Waals surface area contributed by atoms with Gasteiger partial charge in [-0.3, -0.25) is 18.6 Å². The highest BCUT2D eigenvalue weighted by atomic mass is 31.2. The minimum Gasteiger partial charge on any atom is -0.457 e. The molecule has 3 unspecified atom stereocenters. The lowest BCUT2D eigenvalue weighted by Crippen LogP contribution is -2.28. The van der Waals surface area contributed by atoms with Crippen LogP contribution in [-0.4, -0.2) is 65.7 Å². The lowest BCUT2D eigenvalue weighted by Gasteiger charge is -2.20. The molecule has 0 aromatic rings. The van der Waals surface area contributed by atoms with Crippen LogP contribution in [-0.2, 0) is 32.7 Å². The van der Waals surface area contributed by atoms with Crippen molar-refractivity contribution in [2.75, 3.05) is 26.4 Å². The number of carbonyl (C=O) groups excluding carboxylic acids is 2. The van der Waals surface area contributed by atoms with Gasteiger partial charge in [-0.1, -0.05) is 197 Å². The third kappa shape index (κ3) is 42.6. The predicted molar refractivity (Wildman–Crippen MR) is 247 cm³/mol. The van der Waals surface area contributed by atoms with Crippen molar-refractivity contribution < 1.29 is 47.8 Å². The third-order valence-corrected chi connectivity index (χ3v) is 11.3. The molecule has 3 atom stereocenters. The van der Waals surface area contributed by atoms with Crippen molar-refractivity contribution in [2.24, 2.45) is 0 Å². The zero-order valence-corrected chi connectivity index (χ0v) is 39.1. The molecule has 10 nitrogen and oxygen atoms in total. The van der Waals surface area contributed by atoms with E-state index >= 15 is 0 Å². The lowest BCUT2D eigenvalue weighted by molar-refractivity contribution is -0.153. The number of hydrogen-bond donors (Lipinski definition) is 3. The first kappa shape index (κ1) is 57.9. The highest BCUT2D eigenvalue weighted by Crippen LogP contribution is 2.43. The molecule has 0 bridgehead atoms. The number of phosphoric ester groups is 1. The Bertz CT molecular complexity index is 1140. The van der Waals surface area contributed by atoms with Gasteiger partial charge < -0.3 is 24.6 Å². The Morgan fingerprint density at radius 2 is 0.783 bits per heavy atom. The molecule has 0 heterocycles. The Labute approximate surface area is 366 Å². The van der Waals surface area contributed by atoms with Crippen LogP contribution in [0, 0.1) is 0 Å². The van der Waals surface area contributed by atoms with Crippen molar-refractivity contribution in [1.29, 1.82) is 0 Å². The van der Waals surface area contributed by atoms with Crippen LogP contribution in [0.3, 0.4) is 0 Å². The monoisotopic (exact) mass is 869 g/mol. The van der Waals surface area contributed by atoms with Gasteiger partial charge in [0.25, 0.3) is 0 Å². The molecule has 0 fully saturated rings. The van der Waals surface area contributed by atoms with Crippen LogP contribution in [0.5, 0.6) is 0 Å². The minimum absolute atomic E-state index is 0.186. The Morgan fingerprint density at radius 3 is 1.13 bits per heavy atom. The van der Waals surface area contributed by atoms with Crippen LogP contribution in [0.1, 0.15) is 213 Å². The summed E-state index contributed by atoms with van der Waals surface area (Å²) in [6.45, 7) is 2.11. The second-order valence-corrected chi connectivity index (χ2v) is 17.5. The summed E-state index contributed by atoms with van der Waals surface area (Å²) in [5.74, 6) is -1.02. The molecule has 0 aliphatic rings. The molecule has 0 aromatic carbocycles. The second-order valence-electron chi connectivity index (χ2n) is 16.1. The molecule has 0 aromatic heterocycles. The molecule has 0 aliphatic heterocycles. The van der Waals surface area contributed by atoms with Gasteiger partial charge in [0.2, 0.25) is 0 Å². The van der Waals surface area contributed by atoms with Crippen molar-refractivity contribution in [3.05, 3.63) is 48.6 Å². The number of aliphatic hydroxyl groups is 2. The van der Waals surface area contributed by atoms with Crippen LogP contribution in [0.2, 0.25) is 0 Å². The number of ether oxygens (including phenoxy) is 2. The van der Waals surface area contributed by atoms with Crippen molar-refractivity contribution in [3.8, 4) is 0 Å². The Hall–Kier alpha value is -2.07. The molecule has 0 saturated carbocycles. The molecular formula is C49H89O10P. The fraction of sp³-hybridized carbons (Fsp3) is 0.796. The summed E-state index contributed by atoms with van der Waals surface area (Å²) in [6, 6.07) is 0. The predicted octanol–water partition coefficient (Wildman–Crippen LogP) is 13.3. The smallest absolute Gasteiger partial charge is 0.457 e. The van der Waals surface area contributed by atoms with E-state index < -0.39 is 58.4 Å². The van der Waals surface area contributed by atoms with Crippen LogP contribution in [0.25, 0.3) is 0 Å². The number of unbranched alkanes of at least 4 members (excludes halogenated alkanes) is 23. The van der Waals surface area contributed by atoms with Crippen LogP contribution in [0.15, 0.2) is 48.6 Å². The summed E-state index contributed by atoms with van der Waals surface area (Å²) in [5, 5.41) is 19.2. The summed E-state index contributed by atoms with van der Waals surface area (Å²) in [6.07, 6.45) is 49.4. The number of carbonyl (C=O) groups is 2. The maximum Gasteiger partial charge on any atom is 0.472 e. The minimum atomic E-state index is -4.64. The van der Waals surface area contributed by atoms with E-state index in [1.165, 1.54) is 103 Å². The van der Waals surface area contributed by atoms with Crippen LogP contribution >= 0.6 is 7.82 Å². The highest BCUT2D eigenvalue weighted by Gasteiger charge is 2.27. The van der Waals surface area contributed by atoms with Crippen LogP contribution < -0.4 is 0 Å². The van der Waals surface area contributed by atoms with E-state index in [1.807, 2.05) is 0 Å². The third-order valence-electron chi connectivity index (χ3n) is 10.3. The molecule has 3 N–H and O–H groups in total. The Balaban J connectivity index is 3.85. The first-order chi connectivity index (χ1) is 29.3. The van der Waals surface area contributed by atoms with E-state index in [9.17, 15) is 29.3 Å². The quantitative estimate of drug-likeness (QED) is 0.0234. The topological polar surface area (TPSA) is 149 Å². The van der Waals surface area contributed by atoms with Gasteiger partial charge in [-0.25, -0.2) is 4.57 Å². The summed E-state index contributed by atoms with van der Waals surface area (Å²) in [4.78, 5) is 34.6. The first-order valence-electron chi connectivity index (χ1n) is 24.1. The van der Waals surface area contributed by atoms with E-state index in [0.717, 1.165) is 70.6 Å². The van der Waals surface area contributed by atoms with Crippen molar-refractivity contribution in [1.82, 2.24) is 0 Å². The Kier molecular flexibility index (Phi) is 43.4. The number of allylic oxidation sites excluding steroid dienone is 8. The van der Waals surface area contributed by atoms with E-state index in [0.29, 0.717) is 12.8 Å². The van der Waals surface area contributed by atoms with Gasteiger partial charge in [0.15, 0.2) is 0 Å². The molecular weight excluding hydrogens is 780 g/mol.